The van der Waals surface area contributed by atoms with Crippen LogP contribution in [0, 0.1) is 0 Å². The zero-order chi connectivity index (χ0) is 14.2. The first-order valence-corrected chi connectivity index (χ1v) is 7.16. The van der Waals surface area contributed by atoms with Crippen molar-refractivity contribution in [3.8, 4) is 5.75 Å². The van der Waals surface area contributed by atoms with Crippen LogP contribution in [0.15, 0.2) is 54.6 Å². The Balaban J connectivity index is 2.07. The van der Waals surface area contributed by atoms with Gasteiger partial charge in [-0.2, -0.15) is 0 Å². The molecule has 0 unspecified atom stereocenters. The smallest absolute Gasteiger partial charge is 0.343 e. The van der Waals surface area contributed by atoms with Crippen LogP contribution < -0.4 is 4.74 Å². The molecule has 2 nitrogen and oxygen atoms in total. The van der Waals surface area contributed by atoms with Gasteiger partial charge in [0.05, 0.1) is 5.56 Å². The molecular weight excluding hydrogens is 248 g/mol. The van der Waals surface area contributed by atoms with Gasteiger partial charge in [0, 0.05) is 0 Å². The highest BCUT2D eigenvalue weighted by Crippen LogP contribution is 2.21. The summed E-state index contributed by atoms with van der Waals surface area (Å²) in [7, 11) is 0. The largest absolute Gasteiger partial charge is 0.423 e. The molecule has 0 aliphatic heterocycles. The van der Waals surface area contributed by atoms with Gasteiger partial charge in [0.2, 0.25) is 0 Å². The summed E-state index contributed by atoms with van der Waals surface area (Å²) in [5.74, 6) is 0.381. The lowest BCUT2D eigenvalue weighted by Crippen LogP contribution is -2.09. The third kappa shape index (κ3) is 3.95. The van der Waals surface area contributed by atoms with Crippen molar-refractivity contribution in [2.24, 2.45) is 0 Å². The number of hydrogen-bond donors (Lipinski definition) is 0. The molecule has 0 radical (unpaired) electrons. The Bertz CT molecular complexity index is 546. The van der Waals surface area contributed by atoms with Gasteiger partial charge in [-0.25, -0.2) is 4.79 Å². The Morgan fingerprint density at radius 2 is 1.65 bits per heavy atom. The molecule has 0 aliphatic carbocycles. The van der Waals surface area contributed by atoms with E-state index >= 15 is 0 Å². The van der Waals surface area contributed by atoms with Crippen molar-refractivity contribution in [2.75, 3.05) is 0 Å². The Morgan fingerprint density at radius 3 is 2.40 bits per heavy atom. The van der Waals surface area contributed by atoms with E-state index < -0.39 is 0 Å². The Labute approximate surface area is 120 Å². The molecule has 0 spiro atoms. The number of aryl methyl sites for hydroxylation is 1. The van der Waals surface area contributed by atoms with E-state index in [1.165, 1.54) is 12.8 Å². The summed E-state index contributed by atoms with van der Waals surface area (Å²) in [6.07, 6.45) is 4.45. The molecule has 0 N–H and O–H groups in total. The van der Waals surface area contributed by atoms with Gasteiger partial charge in [-0.15, -0.1) is 0 Å². The summed E-state index contributed by atoms with van der Waals surface area (Å²) >= 11 is 0. The molecule has 2 heteroatoms. The lowest BCUT2D eigenvalue weighted by Gasteiger charge is -2.09. The fourth-order valence-electron chi connectivity index (χ4n) is 2.11. The monoisotopic (exact) mass is 268 g/mol. The first kappa shape index (κ1) is 14.3. The average molecular weight is 268 g/mol. The molecule has 0 saturated carbocycles. The van der Waals surface area contributed by atoms with E-state index in [-0.39, 0.29) is 5.97 Å². The normalized spacial score (nSPS) is 10.2. The van der Waals surface area contributed by atoms with Crippen molar-refractivity contribution in [2.45, 2.75) is 32.6 Å². The lowest BCUT2D eigenvalue weighted by molar-refractivity contribution is 0.0733. The molecule has 0 fully saturated rings. The fourth-order valence-corrected chi connectivity index (χ4v) is 2.11. The highest BCUT2D eigenvalue weighted by Gasteiger charge is 2.10. The molecule has 0 heterocycles. The maximum Gasteiger partial charge on any atom is 0.343 e. The van der Waals surface area contributed by atoms with Crippen LogP contribution in [0.4, 0.5) is 0 Å². The average Bonchev–Trinajstić information content (AvgIpc) is 2.50. The molecule has 0 aromatic heterocycles. The Hall–Kier alpha value is -2.09. The zero-order valence-electron chi connectivity index (χ0n) is 11.8. The maximum atomic E-state index is 12.1. The third-order valence-electron chi connectivity index (χ3n) is 3.23. The topological polar surface area (TPSA) is 26.3 Å². The lowest BCUT2D eigenvalue weighted by atomic mass is 10.1. The quantitative estimate of drug-likeness (QED) is 0.433. The van der Waals surface area contributed by atoms with E-state index in [9.17, 15) is 4.79 Å². The second kappa shape index (κ2) is 7.49. The highest BCUT2D eigenvalue weighted by atomic mass is 16.5. The van der Waals surface area contributed by atoms with Crippen LogP contribution >= 0.6 is 0 Å². The van der Waals surface area contributed by atoms with Crippen molar-refractivity contribution in [1.82, 2.24) is 0 Å². The van der Waals surface area contributed by atoms with Gasteiger partial charge < -0.3 is 4.74 Å². The number of carbonyl (C=O) groups is 1. The Kier molecular flexibility index (Phi) is 5.36. The molecule has 2 rings (SSSR count). The SMILES string of the molecule is CCCCCc1ccccc1OC(=O)c1ccccc1. The van der Waals surface area contributed by atoms with Gasteiger partial charge in [0.15, 0.2) is 0 Å². The van der Waals surface area contributed by atoms with Crippen molar-refractivity contribution in [3.05, 3.63) is 65.7 Å². The first-order chi connectivity index (χ1) is 9.81. The van der Waals surface area contributed by atoms with E-state index in [4.69, 9.17) is 4.74 Å². The molecule has 2 aromatic carbocycles. The number of esters is 1. The number of rotatable bonds is 6. The minimum Gasteiger partial charge on any atom is -0.423 e. The highest BCUT2D eigenvalue weighted by molar-refractivity contribution is 5.91. The van der Waals surface area contributed by atoms with Crippen molar-refractivity contribution >= 4 is 5.97 Å². The summed E-state index contributed by atoms with van der Waals surface area (Å²) in [6.45, 7) is 2.18. The van der Waals surface area contributed by atoms with Crippen LogP contribution in [0.1, 0.15) is 42.1 Å². The van der Waals surface area contributed by atoms with Crippen LogP contribution in [-0.2, 0) is 6.42 Å². The molecule has 0 atom stereocenters. The number of benzene rings is 2. The number of para-hydroxylation sites is 1. The molecule has 0 saturated heterocycles. The van der Waals surface area contributed by atoms with Crippen LogP contribution in [0.3, 0.4) is 0 Å². The van der Waals surface area contributed by atoms with E-state index in [2.05, 4.69) is 6.92 Å². The zero-order valence-corrected chi connectivity index (χ0v) is 11.8. The van der Waals surface area contributed by atoms with Gasteiger partial charge >= 0.3 is 5.97 Å². The van der Waals surface area contributed by atoms with E-state index in [1.807, 2.05) is 42.5 Å². The van der Waals surface area contributed by atoms with Gasteiger partial charge in [-0.05, 0) is 36.6 Å². The van der Waals surface area contributed by atoms with Gasteiger partial charge in [0.1, 0.15) is 5.75 Å². The second-order valence-electron chi connectivity index (χ2n) is 4.82. The van der Waals surface area contributed by atoms with E-state index in [0.29, 0.717) is 11.3 Å². The third-order valence-corrected chi connectivity index (χ3v) is 3.23. The molecular formula is C18H20O2. The van der Waals surface area contributed by atoms with Crippen LogP contribution in [0.2, 0.25) is 0 Å². The van der Waals surface area contributed by atoms with Crippen molar-refractivity contribution in [3.63, 3.8) is 0 Å². The standard InChI is InChI=1S/C18H20O2/c1-2-3-5-10-15-11-8-9-14-17(15)20-18(19)16-12-6-4-7-13-16/h4,6-9,11-14H,2-3,5,10H2,1H3. The van der Waals surface area contributed by atoms with Crippen molar-refractivity contribution in [1.29, 1.82) is 0 Å². The fraction of sp³-hybridized carbons (Fsp3) is 0.278. The van der Waals surface area contributed by atoms with E-state index in [1.54, 1.807) is 12.1 Å². The molecule has 20 heavy (non-hydrogen) atoms. The first-order valence-electron chi connectivity index (χ1n) is 7.16. The number of ether oxygens (including phenoxy) is 1. The number of hydrogen-bond acceptors (Lipinski definition) is 2. The van der Waals surface area contributed by atoms with Crippen molar-refractivity contribution < 1.29 is 9.53 Å². The summed E-state index contributed by atoms with van der Waals surface area (Å²) in [5, 5.41) is 0. The second-order valence-corrected chi connectivity index (χ2v) is 4.82. The number of unbranched alkanes of at least 4 members (excludes halogenated alkanes) is 2. The minimum atomic E-state index is -0.298. The predicted molar refractivity (Wildman–Crippen MR) is 81.1 cm³/mol. The summed E-state index contributed by atoms with van der Waals surface area (Å²) < 4.78 is 5.52. The minimum absolute atomic E-state index is 0.298. The van der Waals surface area contributed by atoms with Gasteiger partial charge in [-0.1, -0.05) is 56.2 Å². The molecule has 0 bridgehead atoms. The number of carbonyl (C=O) groups excluding carboxylic acids is 1. The molecule has 0 amide bonds. The predicted octanol–water partition coefficient (Wildman–Crippen LogP) is 4.64. The van der Waals surface area contributed by atoms with Crippen LogP contribution in [0.5, 0.6) is 5.75 Å². The summed E-state index contributed by atoms with van der Waals surface area (Å²) in [5.41, 5.74) is 1.68. The molecule has 0 aliphatic rings. The Morgan fingerprint density at radius 1 is 0.950 bits per heavy atom. The van der Waals surface area contributed by atoms with Crippen LogP contribution in [-0.4, -0.2) is 5.97 Å². The summed E-state index contributed by atoms with van der Waals surface area (Å²) in [6, 6.07) is 16.9. The van der Waals surface area contributed by atoms with E-state index in [0.717, 1.165) is 18.4 Å². The maximum absolute atomic E-state index is 12.1. The summed E-state index contributed by atoms with van der Waals surface area (Å²) in [4.78, 5) is 12.1. The van der Waals surface area contributed by atoms with Gasteiger partial charge in [-0.3, -0.25) is 0 Å². The van der Waals surface area contributed by atoms with Gasteiger partial charge in [0.25, 0.3) is 0 Å². The molecule has 2 aromatic rings. The molecule has 104 valence electrons. The van der Waals surface area contributed by atoms with Crippen LogP contribution in [0.25, 0.3) is 0 Å².